The van der Waals surface area contributed by atoms with Crippen molar-refractivity contribution < 1.29 is 4.79 Å². The first-order valence-electron chi connectivity index (χ1n) is 4.85. The summed E-state index contributed by atoms with van der Waals surface area (Å²) in [6.07, 6.45) is 1.28. The molecule has 0 aliphatic rings. The van der Waals surface area contributed by atoms with Gasteiger partial charge in [-0.1, -0.05) is 23.5 Å². The summed E-state index contributed by atoms with van der Waals surface area (Å²) in [5.41, 5.74) is 0.866. The van der Waals surface area contributed by atoms with E-state index in [-0.39, 0.29) is 11.7 Å². The molecule has 2 heterocycles. The van der Waals surface area contributed by atoms with E-state index in [1.807, 2.05) is 24.3 Å². The van der Waals surface area contributed by atoms with Crippen molar-refractivity contribution in [1.29, 1.82) is 0 Å². The first-order valence-corrected chi connectivity index (χ1v) is 5.67. The Bertz CT molecular complexity index is 627. The van der Waals surface area contributed by atoms with Crippen molar-refractivity contribution >= 4 is 32.6 Å². The Kier molecular flexibility index (Phi) is 2.30. The Balaban J connectivity index is 1.88. The zero-order chi connectivity index (χ0) is 11.7. The van der Waals surface area contributed by atoms with Gasteiger partial charge in [0, 0.05) is 0 Å². The molecule has 0 atom stereocenters. The van der Waals surface area contributed by atoms with E-state index < -0.39 is 0 Å². The molecule has 84 valence electrons. The number of aromatic nitrogens is 4. The number of hydrogen-bond acceptors (Lipinski definition) is 5. The predicted octanol–water partition coefficient (Wildman–Crippen LogP) is 1.67. The minimum absolute atomic E-state index is 0.171. The van der Waals surface area contributed by atoms with Crippen LogP contribution >= 0.6 is 11.3 Å². The number of rotatable bonds is 2. The van der Waals surface area contributed by atoms with Crippen molar-refractivity contribution in [3.05, 3.63) is 36.4 Å². The molecule has 2 aromatic heterocycles. The average molecular weight is 245 g/mol. The first-order chi connectivity index (χ1) is 8.33. The Morgan fingerprint density at radius 3 is 3.00 bits per heavy atom. The van der Waals surface area contributed by atoms with Gasteiger partial charge >= 0.3 is 0 Å². The van der Waals surface area contributed by atoms with E-state index in [1.165, 1.54) is 17.7 Å². The van der Waals surface area contributed by atoms with Gasteiger partial charge in [0.1, 0.15) is 6.33 Å². The highest BCUT2D eigenvalue weighted by Gasteiger charge is 2.11. The summed E-state index contributed by atoms with van der Waals surface area (Å²) >= 11 is 1.42. The number of anilines is 1. The summed E-state index contributed by atoms with van der Waals surface area (Å²) in [4.78, 5) is 19.7. The van der Waals surface area contributed by atoms with Gasteiger partial charge < -0.3 is 0 Å². The Hall–Kier alpha value is -2.28. The molecule has 0 saturated carbocycles. The number of para-hydroxylation sites is 1. The van der Waals surface area contributed by atoms with Gasteiger partial charge in [-0.15, -0.1) is 0 Å². The van der Waals surface area contributed by atoms with Crippen LogP contribution in [0.3, 0.4) is 0 Å². The lowest BCUT2D eigenvalue weighted by Crippen LogP contribution is -2.13. The summed E-state index contributed by atoms with van der Waals surface area (Å²) in [6, 6.07) is 7.69. The Morgan fingerprint density at radius 2 is 2.24 bits per heavy atom. The number of thiazole rings is 1. The minimum Gasteiger partial charge on any atom is -0.295 e. The molecule has 0 spiro atoms. The number of fused-ring (bicyclic) bond motifs is 1. The summed E-state index contributed by atoms with van der Waals surface area (Å²) < 4.78 is 1.03. The molecule has 0 aliphatic heterocycles. The van der Waals surface area contributed by atoms with Crippen LogP contribution in [0.15, 0.2) is 30.6 Å². The van der Waals surface area contributed by atoms with Crippen molar-refractivity contribution in [2.75, 3.05) is 5.32 Å². The molecule has 1 aromatic carbocycles. The number of carbonyl (C=O) groups is 1. The zero-order valence-corrected chi connectivity index (χ0v) is 9.36. The standard InChI is InChI=1S/C10H7N5OS/c16-9(8-11-5-12-15-8)14-10-13-6-3-1-2-4-7(6)17-10/h1-5H,(H,11,12,15)(H,13,14,16). The topological polar surface area (TPSA) is 83.6 Å². The molecule has 6 nitrogen and oxygen atoms in total. The van der Waals surface area contributed by atoms with E-state index in [0.717, 1.165) is 10.2 Å². The van der Waals surface area contributed by atoms with E-state index in [1.54, 1.807) is 0 Å². The van der Waals surface area contributed by atoms with Crippen LogP contribution < -0.4 is 5.32 Å². The fourth-order valence-corrected chi connectivity index (χ4v) is 2.26. The molecule has 0 bridgehead atoms. The van der Waals surface area contributed by atoms with Gasteiger partial charge in [0.05, 0.1) is 10.2 Å². The zero-order valence-electron chi connectivity index (χ0n) is 8.54. The third-order valence-electron chi connectivity index (χ3n) is 2.14. The molecule has 17 heavy (non-hydrogen) atoms. The maximum atomic E-state index is 11.7. The van der Waals surface area contributed by atoms with Crippen LogP contribution in [0.25, 0.3) is 10.2 Å². The van der Waals surface area contributed by atoms with Crippen LogP contribution in [0.2, 0.25) is 0 Å². The summed E-state index contributed by atoms with van der Waals surface area (Å²) in [5.74, 6) is -0.175. The van der Waals surface area contributed by atoms with E-state index in [9.17, 15) is 4.79 Å². The van der Waals surface area contributed by atoms with Crippen LogP contribution in [-0.4, -0.2) is 26.1 Å². The number of nitrogens with one attached hydrogen (secondary N) is 2. The highest BCUT2D eigenvalue weighted by atomic mass is 32.1. The van der Waals surface area contributed by atoms with Crippen molar-refractivity contribution in [1.82, 2.24) is 20.2 Å². The summed E-state index contributed by atoms with van der Waals surface area (Å²) in [6.45, 7) is 0. The van der Waals surface area contributed by atoms with E-state index in [2.05, 4.69) is 25.5 Å². The summed E-state index contributed by atoms with van der Waals surface area (Å²) in [7, 11) is 0. The molecular formula is C10H7N5OS. The molecule has 0 aliphatic carbocycles. The minimum atomic E-state index is -0.346. The smallest absolute Gasteiger partial charge is 0.294 e. The second-order valence-electron chi connectivity index (χ2n) is 3.27. The Labute approximate surface area is 99.7 Å². The van der Waals surface area contributed by atoms with Gasteiger partial charge in [-0.3, -0.25) is 15.2 Å². The maximum Gasteiger partial charge on any atom is 0.294 e. The van der Waals surface area contributed by atoms with Crippen molar-refractivity contribution in [2.24, 2.45) is 0 Å². The van der Waals surface area contributed by atoms with Gasteiger partial charge in [0.15, 0.2) is 5.13 Å². The molecule has 0 saturated heterocycles. The molecule has 0 fully saturated rings. The monoisotopic (exact) mass is 245 g/mol. The lowest BCUT2D eigenvalue weighted by atomic mass is 10.3. The molecule has 7 heteroatoms. The van der Waals surface area contributed by atoms with Gasteiger partial charge in [-0.05, 0) is 12.1 Å². The summed E-state index contributed by atoms with van der Waals surface area (Å²) in [5, 5.41) is 9.33. The van der Waals surface area contributed by atoms with E-state index >= 15 is 0 Å². The van der Waals surface area contributed by atoms with Gasteiger partial charge in [-0.2, -0.15) is 5.10 Å². The van der Waals surface area contributed by atoms with Gasteiger partial charge in [0.25, 0.3) is 5.91 Å². The maximum absolute atomic E-state index is 11.7. The van der Waals surface area contributed by atoms with Crippen molar-refractivity contribution in [3.63, 3.8) is 0 Å². The van der Waals surface area contributed by atoms with Crippen LogP contribution in [-0.2, 0) is 0 Å². The van der Waals surface area contributed by atoms with E-state index in [0.29, 0.717) is 5.13 Å². The highest BCUT2D eigenvalue weighted by molar-refractivity contribution is 7.22. The second kappa shape index (κ2) is 3.95. The van der Waals surface area contributed by atoms with Gasteiger partial charge in [-0.25, -0.2) is 9.97 Å². The van der Waals surface area contributed by atoms with Crippen LogP contribution in [0.1, 0.15) is 10.6 Å². The van der Waals surface area contributed by atoms with Crippen LogP contribution in [0.4, 0.5) is 5.13 Å². The lowest BCUT2D eigenvalue weighted by Gasteiger charge is -1.95. The number of benzene rings is 1. The number of aromatic amines is 1. The molecule has 2 N–H and O–H groups in total. The lowest BCUT2D eigenvalue weighted by molar-refractivity contribution is 0.101. The molecule has 0 radical (unpaired) electrons. The fourth-order valence-electron chi connectivity index (χ4n) is 1.40. The fraction of sp³-hybridized carbons (Fsp3) is 0. The SMILES string of the molecule is O=C(Nc1nc2ccccc2s1)c1ncn[nH]1. The predicted molar refractivity (Wildman–Crippen MR) is 64.0 cm³/mol. The second-order valence-corrected chi connectivity index (χ2v) is 4.31. The number of hydrogen-bond donors (Lipinski definition) is 2. The number of nitrogens with zero attached hydrogens (tertiary/aromatic N) is 3. The third kappa shape index (κ3) is 1.87. The normalized spacial score (nSPS) is 10.6. The molecule has 3 rings (SSSR count). The number of carbonyl (C=O) groups excluding carboxylic acids is 1. The number of H-pyrrole nitrogens is 1. The van der Waals surface area contributed by atoms with Crippen molar-refractivity contribution in [2.45, 2.75) is 0 Å². The average Bonchev–Trinajstić information content (AvgIpc) is 2.97. The highest BCUT2D eigenvalue weighted by Crippen LogP contribution is 2.25. The largest absolute Gasteiger partial charge is 0.295 e. The quantitative estimate of drug-likeness (QED) is 0.719. The van der Waals surface area contributed by atoms with Gasteiger partial charge in [0.2, 0.25) is 5.82 Å². The molecular weight excluding hydrogens is 238 g/mol. The first kappa shape index (κ1) is 9.91. The van der Waals surface area contributed by atoms with Crippen LogP contribution in [0.5, 0.6) is 0 Å². The third-order valence-corrected chi connectivity index (χ3v) is 3.10. The molecule has 3 aromatic rings. The molecule has 1 amide bonds. The van der Waals surface area contributed by atoms with Crippen LogP contribution in [0, 0.1) is 0 Å². The molecule has 0 unspecified atom stereocenters. The van der Waals surface area contributed by atoms with E-state index in [4.69, 9.17) is 0 Å². The van der Waals surface area contributed by atoms with Crippen molar-refractivity contribution in [3.8, 4) is 0 Å². The number of amides is 1. The Morgan fingerprint density at radius 1 is 1.35 bits per heavy atom.